The molecule has 1 aliphatic heterocycles. The minimum absolute atomic E-state index is 0.00195. The summed E-state index contributed by atoms with van der Waals surface area (Å²) in [6, 6.07) is 9.72. The fourth-order valence-corrected chi connectivity index (χ4v) is 5.18. The molecule has 1 saturated heterocycles. The Morgan fingerprint density at radius 3 is 2.60 bits per heavy atom. The topological polar surface area (TPSA) is 76.0 Å². The van der Waals surface area contributed by atoms with Crippen LogP contribution in [0, 0.1) is 5.82 Å². The number of fused-ring (bicyclic) bond motifs is 1. The van der Waals surface area contributed by atoms with Crippen LogP contribution in [0.2, 0.25) is 0 Å². The number of morpholine rings is 1. The van der Waals surface area contributed by atoms with Crippen molar-refractivity contribution in [3.63, 3.8) is 0 Å². The average molecular weight is 428 g/mol. The molecule has 7 nitrogen and oxygen atoms in total. The minimum atomic E-state index is -0.472. The highest BCUT2D eigenvalue weighted by Crippen LogP contribution is 2.42. The van der Waals surface area contributed by atoms with Crippen LogP contribution < -0.4 is 0 Å². The first-order valence-electron chi connectivity index (χ1n) is 9.77. The van der Waals surface area contributed by atoms with Crippen LogP contribution in [0.15, 0.2) is 47.1 Å². The van der Waals surface area contributed by atoms with Crippen LogP contribution in [-0.2, 0) is 4.74 Å². The quantitative estimate of drug-likeness (QED) is 0.528. The maximum atomic E-state index is 14.9. The van der Waals surface area contributed by atoms with E-state index in [0.29, 0.717) is 40.1 Å². The van der Waals surface area contributed by atoms with Gasteiger partial charge in [0, 0.05) is 18.7 Å². The van der Waals surface area contributed by atoms with E-state index in [1.54, 1.807) is 30.5 Å². The predicted octanol–water partition coefficient (Wildman–Crippen LogP) is 4.09. The van der Waals surface area contributed by atoms with Gasteiger partial charge in [0.1, 0.15) is 5.82 Å². The first kappa shape index (κ1) is 19.2. The van der Waals surface area contributed by atoms with Gasteiger partial charge in [-0.1, -0.05) is 29.5 Å². The third-order valence-electron chi connectivity index (χ3n) is 5.20. The molecule has 0 aliphatic carbocycles. The largest absolute Gasteiger partial charge is 0.492 e. The monoisotopic (exact) mass is 428 g/mol. The molecule has 0 radical (unpaired) electrons. The number of hydrogen-bond donors (Lipinski definition) is 1. The molecule has 9 heteroatoms. The number of aromatic nitrogens is 3. The van der Waals surface area contributed by atoms with Gasteiger partial charge in [0.15, 0.2) is 5.76 Å². The number of aromatic hydroxyl groups is 1. The third kappa shape index (κ3) is 3.28. The van der Waals surface area contributed by atoms with Gasteiger partial charge in [-0.05, 0) is 32.0 Å². The van der Waals surface area contributed by atoms with E-state index in [9.17, 15) is 9.50 Å². The van der Waals surface area contributed by atoms with Gasteiger partial charge in [-0.2, -0.15) is 9.50 Å². The van der Waals surface area contributed by atoms with E-state index < -0.39 is 6.04 Å². The van der Waals surface area contributed by atoms with Crippen LogP contribution in [0.25, 0.3) is 16.5 Å². The first-order valence-corrected chi connectivity index (χ1v) is 10.6. The lowest BCUT2D eigenvalue weighted by atomic mass is 10.0. The van der Waals surface area contributed by atoms with Gasteiger partial charge in [0.2, 0.25) is 16.7 Å². The van der Waals surface area contributed by atoms with Gasteiger partial charge in [0.05, 0.1) is 29.4 Å². The van der Waals surface area contributed by atoms with E-state index in [2.05, 4.69) is 15.0 Å². The predicted molar refractivity (Wildman–Crippen MR) is 110 cm³/mol. The Balaban J connectivity index is 1.62. The van der Waals surface area contributed by atoms with Crippen molar-refractivity contribution in [3.05, 3.63) is 58.9 Å². The zero-order chi connectivity index (χ0) is 20.8. The molecule has 156 valence electrons. The molecule has 5 rings (SSSR count). The zero-order valence-corrected chi connectivity index (χ0v) is 17.3. The summed E-state index contributed by atoms with van der Waals surface area (Å²) in [5.74, 6) is 0.557. The zero-order valence-electron chi connectivity index (χ0n) is 16.5. The summed E-state index contributed by atoms with van der Waals surface area (Å²) < 4.78 is 27.5. The molecule has 0 saturated carbocycles. The normalized spacial score (nSPS) is 21.3. The Morgan fingerprint density at radius 2 is 1.93 bits per heavy atom. The lowest BCUT2D eigenvalue weighted by molar-refractivity contribution is -0.0767. The van der Waals surface area contributed by atoms with Gasteiger partial charge in [-0.25, -0.2) is 4.39 Å². The number of hydrogen-bond acceptors (Lipinski definition) is 7. The van der Waals surface area contributed by atoms with Crippen LogP contribution in [0.1, 0.15) is 30.3 Å². The van der Waals surface area contributed by atoms with Crippen molar-refractivity contribution in [3.8, 4) is 17.5 Å². The molecular formula is C21H21FN4O3S. The maximum absolute atomic E-state index is 14.9. The number of benzene rings is 1. The second kappa shape index (κ2) is 7.50. The summed E-state index contributed by atoms with van der Waals surface area (Å²) in [5, 5.41) is 15.4. The number of furan rings is 1. The number of rotatable bonds is 4. The number of ether oxygens (including phenoxy) is 1. The van der Waals surface area contributed by atoms with E-state index in [-0.39, 0.29) is 23.9 Å². The van der Waals surface area contributed by atoms with Crippen LogP contribution in [0.4, 0.5) is 4.39 Å². The Labute approximate surface area is 176 Å². The molecular weight excluding hydrogens is 407 g/mol. The van der Waals surface area contributed by atoms with Crippen molar-refractivity contribution < 1.29 is 18.7 Å². The Hall–Kier alpha value is -2.75. The smallest absolute Gasteiger partial charge is 0.230 e. The van der Waals surface area contributed by atoms with E-state index in [4.69, 9.17) is 9.15 Å². The summed E-state index contributed by atoms with van der Waals surface area (Å²) in [7, 11) is 0. The summed E-state index contributed by atoms with van der Waals surface area (Å²) in [5.41, 5.74) is 0.505. The molecule has 4 heterocycles. The Morgan fingerprint density at radius 1 is 1.17 bits per heavy atom. The number of halogens is 1. The lowest BCUT2D eigenvalue weighted by Gasteiger charge is -2.40. The van der Waals surface area contributed by atoms with Crippen LogP contribution in [-0.4, -0.2) is 49.9 Å². The summed E-state index contributed by atoms with van der Waals surface area (Å²) in [6.45, 7) is 5.24. The van der Waals surface area contributed by atoms with Crippen molar-refractivity contribution in [2.75, 3.05) is 13.1 Å². The van der Waals surface area contributed by atoms with Crippen LogP contribution in [0.5, 0.6) is 5.88 Å². The van der Waals surface area contributed by atoms with Crippen molar-refractivity contribution >= 4 is 16.3 Å². The van der Waals surface area contributed by atoms with Crippen molar-refractivity contribution in [2.45, 2.75) is 32.1 Å². The van der Waals surface area contributed by atoms with Gasteiger partial charge in [0.25, 0.3) is 0 Å². The van der Waals surface area contributed by atoms with Gasteiger partial charge >= 0.3 is 0 Å². The molecule has 1 fully saturated rings. The van der Waals surface area contributed by atoms with E-state index in [1.165, 1.54) is 21.9 Å². The summed E-state index contributed by atoms with van der Waals surface area (Å²) >= 11 is 1.30. The molecule has 0 spiro atoms. The molecule has 0 unspecified atom stereocenters. The molecule has 4 aromatic rings. The molecule has 30 heavy (non-hydrogen) atoms. The van der Waals surface area contributed by atoms with Gasteiger partial charge in [-0.15, -0.1) is 5.10 Å². The second-order valence-corrected chi connectivity index (χ2v) is 8.54. The van der Waals surface area contributed by atoms with Gasteiger partial charge < -0.3 is 14.3 Å². The van der Waals surface area contributed by atoms with E-state index in [1.807, 2.05) is 19.9 Å². The van der Waals surface area contributed by atoms with Crippen molar-refractivity contribution in [2.24, 2.45) is 0 Å². The molecule has 0 bridgehead atoms. The lowest BCUT2D eigenvalue weighted by Crippen LogP contribution is -2.47. The summed E-state index contributed by atoms with van der Waals surface area (Å²) in [6.07, 6.45) is 1.54. The molecule has 3 atom stereocenters. The SMILES string of the molecule is C[C@@H]1CN([C@@H](c2ccccc2F)c2sc3nc(-c4ccco4)nn3c2O)C[C@@H](C)O1. The van der Waals surface area contributed by atoms with Crippen molar-refractivity contribution in [1.82, 2.24) is 19.5 Å². The fourth-order valence-electron chi connectivity index (χ4n) is 4.07. The highest BCUT2D eigenvalue weighted by Gasteiger charge is 2.35. The number of thiazole rings is 1. The molecule has 3 aromatic heterocycles. The third-order valence-corrected chi connectivity index (χ3v) is 6.27. The highest BCUT2D eigenvalue weighted by molar-refractivity contribution is 7.17. The van der Waals surface area contributed by atoms with Crippen LogP contribution in [0.3, 0.4) is 0 Å². The fraction of sp³-hybridized carbons (Fsp3) is 0.333. The van der Waals surface area contributed by atoms with Crippen LogP contribution >= 0.6 is 11.3 Å². The standard InChI is InChI=1S/C21H21FN4O3S/c1-12-10-25(11-13(2)29-12)17(14-6-3-4-7-15(14)22)18-20(27)26-21(30-18)23-19(24-26)16-8-5-9-28-16/h3-9,12-13,17,27H,10-11H2,1-2H3/t12-,13-,17+/m1/s1. The molecule has 0 amide bonds. The molecule has 1 aromatic carbocycles. The Kier molecular flexibility index (Phi) is 4.80. The molecule has 1 aliphatic rings. The summed E-state index contributed by atoms with van der Waals surface area (Å²) in [4.78, 5) is 7.76. The van der Waals surface area contributed by atoms with Gasteiger partial charge in [-0.3, -0.25) is 4.90 Å². The first-order chi connectivity index (χ1) is 14.5. The van der Waals surface area contributed by atoms with E-state index >= 15 is 0 Å². The van der Waals surface area contributed by atoms with E-state index in [0.717, 1.165) is 0 Å². The average Bonchev–Trinajstić information content (AvgIpc) is 3.42. The Bertz CT molecular complexity index is 1160. The maximum Gasteiger partial charge on any atom is 0.230 e. The highest BCUT2D eigenvalue weighted by atomic mass is 32.1. The molecule has 1 N–H and O–H groups in total. The number of nitrogens with zero attached hydrogens (tertiary/aromatic N) is 4. The minimum Gasteiger partial charge on any atom is -0.492 e. The van der Waals surface area contributed by atoms with Crippen molar-refractivity contribution in [1.29, 1.82) is 0 Å². The second-order valence-electron chi connectivity index (χ2n) is 7.53.